The van der Waals surface area contributed by atoms with E-state index in [0.717, 1.165) is 36.1 Å². The van der Waals surface area contributed by atoms with Crippen molar-refractivity contribution in [3.05, 3.63) is 60.7 Å². The van der Waals surface area contributed by atoms with Crippen molar-refractivity contribution in [3.8, 4) is 0 Å². The molecule has 2 aliphatic heterocycles. The highest BCUT2D eigenvalue weighted by Gasteiger charge is 2.47. The van der Waals surface area contributed by atoms with Crippen LogP contribution in [0, 0.1) is 0 Å². The van der Waals surface area contributed by atoms with E-state index in [1.165, 1.54) is 12.8 Å². The molecule has 2 unspecified atom stereocenters. The molecule has 0 aliphatic carbocycles. The Morgan fingerprint density at radius 1 is 1.00 bits per heavy atom. The molecule has 5 rings (SSSR count). The fourth-order valence-electron chi connectivity index (χ4n) is 4.96. The van der Waals surface area contributed by atoms with Crippen molar-refractivity contribution in [1.82, 2.24) is 19.4 Å². The number of piperidine rings is 1. The zero-order valence-corrected chi connectivity index (χ0v) is 14.8. The molecule has 0 spiro atoms. The van der Waals surface area contributed by atoms with Gasteiger partial charge in [0.15, 0.2) is 0 Å². The van der Waals surface area contributed by atoms with Crippen LogP contribution >= 0.6 is 0 Å². The van der Waals surface area contributed by atoms with Crippen LogP contribution in [-0.2, 0) is 13.1 Å². The van der Waals surface area contributed by atoms with Crippen molar-refractivity contribution in [2.75, 3.05) is 0 Å². The highest BCUT2D eigenvalue weighted by Crippen LogP contribution is 2.42. The highest BCUT2D eigenvalue weighted by molar-refractivity contribution is 5.75. The maximum absolute atomic E-state index is 11.4. The molecule has 134 valence electrons. The maximum Gasteiger partial charge on any atom is 0.0880 e. The standard InChI is InChI=1S/C21H24N4O/c26-21(15-24-11-8-19-20(24)5-3-10-23-19)12-17-6-7-18(13-21)25(17)14-16-4-1-2-9-22-16/h1-5,8-11,17-18,26H,6-7,12-15H2. The Bertz CT molecular complexity index is 893. The summed E-state index contributed by atoms with van der Waals surface area (Å²) in [6.07, 6.45) is 9.74. The smallest absolute Gasteiger partial charge is 0.0880 e. The number of aromatic nitrogens is 3. The van der Waals surface area contributed by atoms with E-state index < -0.39 is 5.60 Å². The first kappa shape index (κ1) is 16.0. The number of nitrogens with zero attached hydrogens (tertiary/aromatic N) is 4. The van der Waals surface area contributed by atoms with Crippen molar-refractivity contribution in [1.29, 1.82) is 0 Å². The molecule has 2 atom stereocenters. The van der Waals surface area contributed by atoms with Crippen molar-refractivity contribution in [2.24, 2.45) is 0 Å². The van der Waals surface area contributed by atoms with Gasteiger partial charge in [0.1, 0.15) is 0 Å². The van der Waals surface area contributed by atoms with Crippen LogP contribution in [-0.4, -0.2) is 42.2 Å². The number of rotatable bonds is 4. The molecule has 0 amide bonds. The van der Waals surface area contributed by atoms with E-state index in [-0.39, 0.29) is 0 Å². The molecule has 2 fully saturated rings. The van der Waals surface area contributed by atoms with E-state index in [4.69, 9.17) is 0 Å². The SMILES string of the molecule is OC1(Cn2ccc3ncccc32)CC2CCC(C1)N2Cc1ccccn1. The van der Waals surface area contributed by atoms with Crippen LogP contribution in [0.25, 0.3) is 11.0 Å². The van der Waals surface area contributed by atoms with Crippen molar-refractivity contribution in [3.63, 3.8) is 0 Å². The molecule has 2 saturated heterocycles. The molecule has 0 saturated carbocycles. The monoisotopic (exact) mass is 348 g/mol. The zero-order valence-electron chi connectivity index (χ0n) is 14.8. The second kappa shape index (κ2) is 6.18. The number of aliphatic hydroxyl groups is 1. The van der Waals surface area contributed by atoms with Crippen LogP contribution in [0.15, 0.2) is 55.0 Å². The van der Waals surface area contributed by atoms with Gasteiger partial charge in [0.05, 0.1) is 28.9 Å². The third kappa shape index (κ3) is 2.81. The minimum atomic E-state index is -0.645. The average molecular weight is 348 g/mol. The Morgan fingerprint density at radius 3 is 2.58 bits per heavy atom. The van der Waals surface area contributed by atoms with Gasteiger partial charge in [-0.2, -0.15) is 0 Å². The molecule has 5 nitrogen and oxygen atoms in total. The Balaban J connectivity index is 1.35. The lowest BCUT2D eigenvalue weighted by atomic mass is 9.85. The van der Waals surface area contributed by atoms with Gasteiger partial charge in [-0.3, -0.25) is 14.9 Å². The summed E-state index contributed by atoms with van der Waals surface area (Å²) < 4.78 is 2.16. The summed E-state index contributed by atoms with van der Waals surface area (Å²) in [6, 6.07) is 13.1. The first-order valence-corrected chi connectivity index (χ1v) is 9.48. The van der Waals surface area contributed by atoms with Gasteiger partial charge < -0.3 is 9.67 Å². The molecule has 3 aromatic rings. The zero-order chi connectivity index (χ0) is 17.6. The number of hydrogen-bond donors (Lipinski definition) is 1. The highest BCUT2D eigenvalue weighted by atomic mass is 16.3. The molecule has 3 aromatic heterocycles. The van der Waals surface area contributed by atoms with Crippen LogP contribution < -0.4 is 0 Å². The summed E-state index contributed by atoms with van der Waals surface area (Å²) in [5.74, 6) is 0. The number of hydrogen-bond acceptors (Lipinski definition) is 4. The third-order valence-electron chi connectivity index (χ3n) is 6.08. The average Bonchev–Trinajstić information content (AvgIpc) is 3.15. The molecule has 0 aromatic carbocycles. The summed E-state index contributed by atoms with van der Waals surface area (Å²) in [4.78, 5) is 11.4. The normalized spacial score (nSPS) is 28.7. The van der Waals surface area contributed by atoms with E-state index >= 15 is 0 Å². The van der Waals surface area contributed by atoms with Crippen molar-refractivity contribution < 1.29 is 5.11 Å². The Labute approximate surface area is 153 Å². The summed E-state index contributed by atoms with van der Waals surface area (Å²) in [7, 11) is 0. The Kier molecular flexibility index (Phi) is 3.80. The molecular formula is C21H24N4O. The lowest BCUT2D eigenvalue weighted by molar-refractivity contribution is -0.0647. The summed E-state index contributed by atoms with van der Waals surface area (Å²) in [5, 5.41) is 11.4. The van der Waals surface area contributed by atoms with Gasteiger partial charge in [0.25, 0.3) is 0 Å². The second-order valence-corrected chi connectivity index (χ2v) is 7.86. The first-order chi connectivity index (χ1) is 12.7. The fourth-order valence-corrected chi connectivity index (χ4v) is 4.96. The predicted octanol–water partition coefficient (Wildman–Crippen LogP) is 2.99. The maximum atomic E-state index is 11.4. The van der Waals surface area contributed by atoms with Gasteiger partial charge in [0, 0.05) is 37.2 Å². The van der Waals surface area contributed by atoms with Crippen LogP contribution in [0.1, 0.15) is 31.4 Å². The van der Waals surface area contributed by atoms with Crippen LogP contribution in [0.5, 0.6) is 0 Å². The van der Waals surface area contributed by atoms with Crippen LogP contribution in [0.3, 0.4) is 0 Å². The van der Waals surface area contributed by atoms with Crippen LogP contribution in [0.2, 0.25) is 0 Å². The van der Waals surface area contributed by atoms with Gasteiger partial charge in [-0.05, 0) is 56.0 Å². The lowest BCUT2D eigenvalue weighted by Crippen LogP contribution is -2.52. The summed E-state index contributed by atoms with van der Waals surface area (Å²) in [6.45, 7) is 1.54. The number of fused-ring (bicyclic) bond motifs is 3. The summed E-state index contributed by atoms with van der Waals surface area (Å²) in [5.41, 5.74) is 2.57. The molecule has 2 bridgehead atoms. The van der Waals surface area contributed by atoms with Gasteiger partial charge in [0.2, 0.25) is 0 Å². The second-order valence-electron chi connectivity index (χ2n) is 7.86. The van der Waals surface area contributed by atoms with E-state index in [9.17, 15) is 5.11 Å². The van der Waals surface area contributed by atoms with E-state index in [0.29, 0.717) is 18.6 Å². The minimum Gasteiger partial charge on any atom is -0.388 e. The molecule has 5 heteroatoms. The molecule has 26 heavy (non-hydrogen) atoms. The van der Waals surface area contributed by atoms with Crippen LogP contribution in [0.4, 0.5) is 0 Å². The summed E-state index contributed by atoms with van der Waals surface area (Å²) >= 11 is 0. The number of pyridine rings is 2. The topological polar surface area (TPSA) is 54.2 Å². The Hall–Kier alpha value is -2.24. The molecule has 0 radical (unpaired) electrons. The molecule has 5 heterocycles. The van der Waals surface area contributed by atoms with Gasteiger partial charge >= 0.3 is 0 Å². The largest absolute Gasteiger partial charge is 0.388 e. The van der Waals surface area contributed by atoms with Crippen molar-refractivity contribution >= 4 is 11.0 Å². The third-order valence-corrected chi connectivity index (χ3v) is 6.08. The predicted molar refractivity (Wildman–Crippen MR) is 101 cm³/mol. The molecular weight excluding hydrogens is 324 g/mol. The van der Waals surface area contributed by atoms with E-state index in [2.05, 4.69) is 43.8 Å². The first-order valence-electron chi connectivity index (χ1n) is 9.48. The fraction of sp³-hybridized carbons (Fsp3) is 0.429. The quantitative estimate of drug-likeness (QED) is 0.787. The van der Waals surface area contributed by atoms with Gasteiger partial charge in [-0.1, -0.05) is 6.07 Å². The van der Waals surface area contributed by atoms with Gasteiger partial charge in [-0.15, -0.1) is 0 Å². The van der Waals surface area contributed by atoms with Crippen molar-refractivity contribution in [2.45, 2.75) is 56.5 Å². The molecule has 1 N–H and O–H groups in total. The van der Waals surface area contributed by atoms with E-state index in [1.54, 1.807) is 0 Å². The lowest BCUT2D eigenvalue weighted by Gasteiger charge is -2.44. The Morgan fingerprint density at radius 2 is 1.81 bits per heavy atom. The minimum absolute atomic E-state index is 0.445. The van der Waals surface area contributed by atoms with Gasteiger partial charge in [-0.25, -0.2) is 0 Å². The molecule has 2 aliphatic rings. The van der Waals surface area contributed by atoms with E-state index in [1.807, 2.05) is 30.6 Å².